The number of carbonyl (C=O) groups is 1. The first-order chi connectivity index (χ1) is 12.3. The molecule has 0 bridgehead atoms. The lowest BCUT2D eigenvalue weighted by Crippen LogP contribution is -2.26. The van der Waals surface area contributed by atoms with E-state index in [1.165, 1.54) is 25.6 Å². The van der Waals surface area contributed by atoms with Gasteiger partial charge in [0.1, 0.15) is 5.82 Å². The Balaban J connectivity index is 2.61. The average molecular weight is 370 g/mol. The van der Waals surface area contributed by atoms with Gasteiger partial charge in [0.15, 0.2) is 0 Å². The minimum Gasteiger partial charge on any atom is -0.384 e. The number of benzene rings is 1. The Bertz CT molecular complexity index is 794. The molecular formula is C17H14F4N2O3. The van der Waals surface area contributed by atoms with E-state index in [0.717, 1.165) is 12.1 Å². The molecule has 1 N–H and O–H groups in total. The molecule has 1 aromatic carbocycles. The van der Waals surface area contributed by atoms with Crippen LogP contribution in [0.2, 0.25) is 0 Å². The summed E-state index contributed by atoms with van der Waals surface area (Å²) in [6.45, 7) is 0.182. The summed E-state index contributed by atoms with van der Waals surface area (Å²) in [4.78, 5) is 12.2. The highest BCUT2D eigenvalue weighted by atomic mass is 19.4. The number of hydrogen-bond donors (Lipinski definition) is 1. The number of allylic oxidation sites excluding steroid dienone is 1. The third-order valence-corrected chi connectivity index (χ3v) is 3.75. The number of halogens is 4. The number of dihydropyridines is 1. The smallest absolute Gasteiger partial charge is 0.384 e. The predicted molar refractivity (Wildman–Crippen MR) is 81.6 cm³/mol. The summed E-state index contributed by atoms with van der Waals surface area (Å²) in [5.41, 5.74) is -1.43. The first kappa shape index (κ1) is 19.5. The van der Waals surface area contributed by atoms with Crippen molar-refractivity contribution in [2.45, 2.75) is 18.5 Å². The van der Waals surface area contributed by atoms with Crippen LogP contribution in [0.3, 0.4) is 0 Å². The predicted octanol–water partition coefficient (Wildman–Crippen LogP) is 3.36. The maximum absolute atomic E-state index is 13.4. The third-order valence-electron chi connectivity index (χ3n) is 3.75. The van der Waals surface area contributed by atoms with Gasteiger partial charge in [0.25, 0.3) is 6.26 Å². The SMILES string of the molecule is COCCC1=C(C(=O)OC#N)C(c2ccc(F)cc2C(F)(F)F)C=CN1. The molecule has 0 radical (unpaired) electrons. The first-order valence-electron chi connectivity index (χ1n) is 7.41. The van der Waals surface area contributed by atoms with Crippen molar-refractivity contribution < 1.29 is 31.8 Å². The van der Waals surface area contributed by atoms with E-state index in [1.807, 2.05) is 0 Å². The lowest BCUT2D eigenvalue weighted by Gasteiger charge is -2.26. The molecule has 0 spiro atoms. The number of nitriles is 1. The lowest BCUT2D eigenvalue weighted by atomic mass is 9.84. The molecule has 0 saturated carbocycles. The van der Waals surface area contributed by atoms with Gasteiger partial charge < -0.3 is 14.8 Å². The maximum atomic E-state index is 13.4. The highest BCUT2D eigenvalue weighted by molar-refractivity contribution is 5.92. The van der Waals surface area contributed by atoms with Crippen LogP contribution >= 0.6 is 0 Å². The van der Waals surface area contributed by atoms with Crippen molar-refractivity contribution in [3.63, 3.8) is 0 Å². The Morgan fingerprint density at radius 1 is 1.38 bits per heavy atom. The number of rotatable bonds is 5. The number of carbonyl (C=O) groups excluding carboxylic acids is 1. The van der Waals surface area contributed by atoms with E-state index in [9.17, 15) is 22.4 Å². The summed E-state index contributed by atoms with van der Waals surface area (Å²) < 4.78 is 62.7. The van der Waals surface area contributed by atoms with Crippen LogP contribution in [0.5, 0.6) is 0 Å². The van der Waals surface area contributed by atoms with Gasteiger partial charge in [-0.15, -0.1) is 5.26 Å². The Morgan fingerprint density at radius 3 is 2.73 bits per heavy atom. The Morgan fingerprint density at radius 2 is 2.12 bits per heavy atom. The number of hydrogen-bond acceptors (Lipinski definition) is 5. The van der Waals surface area contributed by atoms with Crippen LogP contribution in [0.4, 0.5) is 17.6 Å². The molecule has 9 heteroatoms. The van der Waals surface area contributed by atoms with E-state index >= 15 is 0 Å². The molecule has 0 fully saturated rings. The first-order valence-corrected chi connectivity index (χ1v) is 7.41. The van der Waals surface area contributed by atoms with Crippen molar-refractivity contribution in [2.75, 3.05) is 13.7 Å². The van der Waals surface area contributed by atoms with Crippen molar-refractivity contribution in [1.82, 2.24) is 5.32 Å². The van der Waals surface area contributed by atoms with Crippen LogP contribution in [0.25, 0.3) is 0 Å². The Labute approximate surface area is 146 Å². The minimum absolute atomic E-state index is 0.164. The zero-order chi connectivity index (χ0) is 19.3. The van der Waals surface area contributed by atoms with E-state index in [2.05, 4.69) is 10.1 Å². The Hall–Kier alpha value is -2.86. The van der Waals surface area contributed by atoms with Gasteiger partial charge in [0.05, 0.1) is 17.7 Å². The van der Waals surface area contributed by atoms with Crippen molar-refractivity contribution >= 4 is 5.97 Å². The number of nitrogens with zero attached hydrogens (tertiary/aromatic N) is 1. The van der Waals surface area contributed by atoms with Gasteiger partial charge in [-0.25, -0.2) is 9.18 Å². The topological polar surface area (TPSA) is 71.3 Å². The number of alkyl halides is 3. The molecule has 1 aromatic rings. The molecular weight excluding hydrogens is 356 g/mol. The normalized spacial score (nSPS) is 16.8. The van der Waals surface area contributed by atoms with E-state index in [1.54, 1.807) is 0 Å². The number of nitrogens with one attached hydrogen (secondary N) is 1. The molecule has 0 amide bonds. The number of esters is 1. The molecule has 0 saturated heterocycles. The zero-order valence-corrected chi connectivity index (χ0v) is 13.6. The number of ether oxygens (including phenoxy) is 2. The second-order valence-electron chi connectivity index (χ2n) is 5.33. The van der Waals surface area contributed by atoms with Crippen LogP contribution in [-0.2, 0) is 20.4 Å². The summed E-state index contributed by atoms with van der Waals surface area (Å²) in [6, 6.07) is 2.21. The summed E-state index contributed by atoms with van der Waals surface area (Å²) >= 11 is 0. The quantitative estimate of drug-likeness (QED) is 0.489. The molecule has 2 rings (SSSR count). The van der Waals surface area contributed by atoms with Gasteiger partial charge in [-0.3, -0.25) is 0 Å². The second kappa shape index (κ2) is 8.01. The maximum Gasteiger partial charge on any atom is 0.416 e. The molecule has 5 nitrogen and oxygen atoms in total. The minimum atomic E-state index is -4.83. The molecule has 1 atom stereocenters. The highest BCUT2D eigenvalue weighted by Crippen LogP contribution is 2.40. The van der Waals surface area contributed by atoms with Crippen molar-refractivity contribution in [3.05, 3.63) is 58.7 Å². The number of methoxy groups -OCH3 is 1. The van der Waals surface area contributed by atoms with E-state index in [0.29, 0.717) is 6.07 Å². The van der Waals surface area contributed by atoms with Crippen LogP contribution in [0.1, 0.15) is 23.5 Å². The summed E-state index contributed by atoms with van der Waals surface area (Å²) in [6.07, 6.45) is -0.742. The lowest BCUT2D eigenvalue weighted by molar-refractivity contribution is -0.139. The fourth-order valence-electron chi connectivity index (χ4n) is 2.67. The zero-order valence-electron chi connectivity index (χ0n) is 13.6. The van der Waals surface area contributed by atoms with Crippen LogP contribution < -0.4 is 5.32 Å². The molecule has 1 unspecified atom stereocenters. The van der Waals surface area contributed by atoms with Crippen molar-refractivity contribution in [1.29, 1.82) is 5.26 Å². The van der Waals surface area contributed by atoms with Crippen LogP contribution in [0.15, 0.2) is 41.7 Å². The molecule has 1 aliphatic rings. The molecule has 0 aliphatic carbocycles. The largest absolute Gasteiger partial charge is 0.416 e. The fourth-order valence-corrected chi connectivity index (χ4v) is 2.67. The second-order valence-corrected chi connectivity index (χ2v) is 5.33. The monoisotopic (exact) mass is 370 g/mol. The Kier molecular flexibility index (Phi) is 6.00. The molecule has 1 aliphatic heterocycles. The molecule has 1 heterocycles. The van der Waals surface area contributed by atoms with Gasteiger partial charge in [-0.1, -0.05) is 12.1 Å². The summed E-state index contributed by atoms with van der Waals surface area (Å²) in [7, 11) is 1.42. The molecule has 138 valence electrons. The van der Waals surface area contributed by atoms with Crippen molar-refractivity contribution in [2.24, 2.45) is 0 Å². The van der Waals surface area contributed by atoms with Gasteiger partial charge in [0.2, 0.25) is 0 Å². The highest BCUT2D eigenvalue weighted by Gasteiger charge is 2.38. The van der Waals surface area contributed by atoms with Gasteiger partial charge >= 0.3 is 12.1 Å². The van der Waals surface area contributed by atoms with Crippen LogP contribution in [-0.4, -0.2) is 19.7 Å². The standard InChI is InChI=1S/C17H14F4N2O3/c1-25-7-5-14-15(16(24)26-9-22)12(4-6-23-14)11-3-2-10(18)8-13(11)17(19,20)21/h2-4,6,8,12,23H,5,7H2,1H3. The van der Waals surface area contributed by atoms with Gasteiger partial charge in [-0.05, 0) is 23.9 Å². The van der Waals surface area contributed by atoms with E-state index in [4.69, 9.17) is 10.00 Å². The van der Waals surface area contributed by atoms with Gasteiger partial charge in [-0.2, -0.15) is 13.2 Å². The molecule has 0 aromatic heterocycles. The summed E-state index contributed by atoms with van der Waals surface area (Å²) in [5.74, 6) is -3.30. The van der Waals surface area contributed by atoms with E-state index < -0.39 is 29.4 Å². The van der Waals surface area contributed by atoms with E-state index in [-0.39, 0.29) is 29.9 Å². The fraction of sp³-hybridized carbons (Fsp3) is 0.294. The third kappa shape index (κ3) is 4.21. The van der Waals surface area contributed by atoms with Crippen LogP contribution in [0, 0.1) is 17.3 Å². The average Bonchev–Trinajstić information content (AvgIpc) is 2.59. The molecule has 26 heavy (non-hydrogen) atoms. The van der Waals surface area contributed by atoms with Gasteiger partial charge in [0, 0.05) is 25.1 Å². The van der Waals surface area contributed by atoms with Crippen molar-refractivity contribution in [3.8, 4) is 6.26 Å². The summed E-state index contributed by atoms with van der Waals surface area (Å²) in [5, 5.41) is 11.4.